The summed E-state index contributed by atoms with van der Waals surface area (Å²) in [5, 5.41) is 14.2. The number of nitrogens with two attached hydrogens (primary N) is 1. The van der Waals surface area contributed by atoms with E-state index in [1.165, 1.54) is 12.8 Å². The lowest BCUT2D eigenvalue weighted by Crippen LogP contribution is -2.34. The first-order chi connectivity index (χ1) is 10.2. The first-order valence-electron chi connectivity index (χ1n) is 7.40. The van der Waals surface area contributed by atoms with Gasteiger partial charge in [0.05, 0.1) is 23.1 Å². The van der Waals surface area contributed by atoms with Gasteiger partial charge in [0, 0.05) is 28.4 Å². The van der Waals surface area contributed by atoms with E-state index in [-0.39, 0.29) is 12.6 Å². The Morgan fingerprint density at radius 2 is 2.14 bits per heavy atom. The summed E-state index contributed by atoms with van der Waals surface area (Å²) in [5.74, 6) is 0.300. The first kappa shape index (κ1) is 14.6. The molecular weight excluding hydrogens is 330 g/mol. The van der Waals surface area contributed by atoms with E-state index in [2.05, 4.69) is 26.2 Å². The standard InChI is InChI=1S/C16H20BrN3O/c17-11-5-6-15-12(7-11)16(13(18)8-19-15)20-14-4-2-1-3-10(14)9-21/h5-8,10,14,21H,1-4,9,18H2,(H,19,20). The highest BCUT2D eigenvalue weighted by molar-refractivity contribution is 9.10. The van der Waals surface area contributed by atoms with Gasteiger partial charge in [0.2, 0.25) is 0 Å². The van der Waals surface area contributed by atoms with Crippen molar-refractivity contribution in [1.29, 1.82) is 0 Å². The molecule has 1 aromatic carbocycles. The number of aliphatic hydroxyl groups excluding tert-OH is 1. The van der Waals surface area contributed by atoms with Crippen molar-refractivity contribution < 1.29 is 5.11 Å². The second-order valence-electron chi connectivity index (χ2n) is 5.73. The van der Waals surface area contributed by atoms with Crippen LogP contribution in [0.3, 0.4) is 0 Å². The Morgan fingerprint density at radius 1 is 1.33 bits per heavy atom. The molecule has 1 heterocycles. The van der Waals surface area contributed by atoms with Gasteiger partial charge in [-0.3, -0.25) is 4.98 Å². The van der Waals surface area contributed by atoms with Crippen molar-refractivity contribution in [1.82, 2.24) is 4.98 Å². The monoisotopic (exact) mass is 349 g/mol. The molecule has 21 heavy (non-hydrogen) atoms. The van der Waals surface area contributed by atoms with Crippen molar-refractivity contribution in [2.24, 2.45) is 5.92 Å². The third-order valence-corrected chi connectivity index (χ3v) is 4.83. The SMILES string of the molecule is Nc1cnc2ccc(Br)cc2c1NC1CCCCC1CO. The maximum absolute atomic E-state index is 9.58. The van der Waals surface area contributed by atoms with Crippen LogP contribution in [0.1, 0.15) is 25.7 Å². The molecule has 0 saturated heterocycles. The first-order valence-corrected chi connectivity index (χ1v) is 8.19. The van der Waals surface area contributed by atoms with Gasteiger partial charge >= 0.3 is 0 Å². The molecule has 112 valence electrons. The zero-order chi connectivity index (χ0) is 14.8. The Hall–Kier alpha value is -1.33. The Kier molecular flexibility index (Phi) is 4.31. The predicted octanol–water partition coefficient (Wildman–Crippen LogP) is 3.54. The van der Waals surface area contributed by atoms with Crippen LogP contribution < -0.4 is 11.1 Å². The molecule has 5 heteroatoms. The number of hydrogen-bond acceptors (Lipinski definition) is 4. The van der Waals surface area contributed by atoms with Crippen LogP contribution in [0.15, 0.2) is 28.9 Å². The van der Waals surface area contributed by atoms with Gasteiger partial charge < -0.3 is 16.2 Å². The Labute approximate surface area is 132 Å². The van der Waals surface area contributed by atoms with Crippen LogP contribution >= 0.6 is 15.9 Å². The van der Waals surface area contributed by atoms with Crippen molar-refractivity contribution >= 4 is 38.2 Å². The number of rotatable bonds is 3. The molecule has 2 aromatic rings. The second-order valence-corrected chi connectivity index (χ2v) is 6.64. The van der Waals surface area contributed by atoms with Crippen LogP contribution in [0, 0.1) is 5.92 Å². The molecule has 0 aliphatic heterocycles. The van der Waals surface area contributed by atoms with Crippen LogP contribution in [-0.2, 0) is 0 Å². The summed E-state index contributed by atoms with van der Waals surface area (Å²) in [6.45, 7) is 0.226. The van der Waals surface area contributed by atoms with E-state index in [1.54, 1.807) is 6.20 Å². The summed E-state index contributed by atoms with van der Waals surface area (Å²) in [6, 6.07) is 6.27. The molecule has 0 spiro atoms. The number of fused-ring (bicyclic) bond motifs is 1. The van der Waals surface area contributed by atoms with Gasteiger partial charge in [0.15, 0.2) is 0 Å². The number of halogens is 1. The highest BCUT2D eigenvalue weighted by Crippen LogP contribution is 2.34. The molecule has 0 radical (unpaired) electrons. The lowest BCUT2D eigenvalue weighted by Gasteiger charge is -2.32. The zero-order valence-electron chi connectivity index (χ0n) is 11.8. The molecule has 1 saturated carbocycles. The molecule has 4 nitrogen and oxygen atoms in total. The minimum atomic E-state index is 0.226. The molecule has 1 aromatic heterocycles. The topological polar surface area (TPSA) is 71.2 Å². The quantitative estimate of drug-likeness (QED) is 0.792. The summed E-state index contributed by atoms with van der Waals surface area (Å²) in [7, 11) is 0. The highest BCUT2D eigenvalue weighted by Gasteiger charge is 2.25. The van der Waals surface area contributed by atoms with Crippen LogP contribution in [0.5, 0.6) is 0 Å². The van der Waals surface area contributed by atoms with Gasteiger partial charge in [-0.05, 0) is 31.0 Å². The number of hydrogen-bond donors (Lipinski definition) is 3. The molecular formula is C16H20BrN3O. The third-order valence-electron chi connectivity index (χ3n) is 4.33. The van der Waals surface area contributed by atoms with E-state index in [0.717, 1.165) is 33.9 Å². The average molecular weight is 350 g/mol. The largest absolute Gasteiger partial charge is 0.396 e. The van der Waals surface area contributed by atoms with Gasteiger partial charge in [-0.25, -0.2) is 0 Å². The summed E-state index contributed by atoms with van der Waals surface area (Å²) < 4.78 is 1.01. The van der Waals surface area contributed by atoms with E-state index in [4.69, 9.17) is 5.73 Å². The highest BCUT2D eigenvalue weighted by atomic mass is 79.9. The molecule has 3 rings (SSSR count). The molecule has 1 aliphatic rings. The van der Waals surface area contributed by atoms with Crippen molar-refractivity contribution in [3.8, 4) is 0 Å². The Balaban J connectivity index is 1.99. The Bertz CT molecular complexity index is 641. The van der Waals surface area contributed by atoms with E-state index >= 15 is 0 Å². The minimum absolute atomic E-state index is 0.226. The number of aliphatic hydroxyl groups is 1. The van der Waals surface area contributed by atoms with Crippen molar-refractivity contribution in [3.05, 3.63) is 28.9 Å². The van der Waals surface area contributed by atoms with E-state index in [0.29, 0.717) is 11.6 Å². The molecule has 1 fully saturated rings. The van der Waals surface area contributed by atoms with E-state index in [9.17, 15) is 5.11 Å². The second kappa shape index (κ2) is 6.20. The van der Waals surface area contributed by atoms with Gasteiger partial charge in [-0.1, -0.05) is 28.8 Å². The minimum Gasteiger partial charge on any atom is -0.396 e. The zero-order valence-corrected chi connectivity index (χ0v) is 13.4. The fourth-order valence-corrected chi connectivity index (χ4v) is 3.50. The summed E-state index contributed by atoms with van der Waals surface area (Å²) in [6.07, 6.45) is 6.24. The van der Waals surface area contributed by atoms with Crippen LogP contribution in [0.2, 0.25) is 0 Å². The maximum Gasteiger partial charge on any atom is 0.0743 e. The summed E-state index contributed by atoms with van der Waals surface area (Å²) >= 11 is 3.51. The number of nitrogens with zero attached hydrogens (tertiary/aromatic N) is 1. The van der Waals surface area contributed by atoms with Crippen LogP contribution in [0.4, 0.5) is 11.4 Å². The van der Waals surface area contributed by atoms with Gasteiger partial charge in [-0.2, -0.15) is 0 Å². The van der Waals surface area contributed by atoms with Gasteiger partial charge in [0.1, 0.15) is 0 Å². The van der Waals surface area contributed by atoms with Gasteiger partial charge in [0.25, 0.3) is 0 Å². The third kappa shape index (κ3) is 2.99. The molecule has 0 amide bonds. The normalized spacial score (nSPS) is 22.4. The van der Waals surface area contributed by atoms with Crippen LogP contribution in [0.25, 0.3) is 10.9 Å². The predicted molar refractivity (Wildman–Crippen MR) is 90.3 cm³/mol. The molecule has 0 bridgehead atoms. The van der Waals surface area contributed by atoms with Crippen LogP contribution in [-0.4, -0.2) is 22.7 Å². The van der Waals surface area contributed by atoms with E-state index < -0.39 is 0 Å². The lowest BCUT2D eigenvalue weighted by molar-refractivity contribution is 0.178. The number of nitrogen functional groups attached to an aromatic ring is 1. The van der Waals surface area contributed by atoms with E-state index in [1.807, 2.05) is 18.2 Å². The van der Waals surface area contributed by atoms with Crippen molar-refractivity contribution in [3.63, 3.8) is 0 Å². The molecule has 2 atom stereocenters. The lowest BCUT2D eigenvalue weighted by atomic mass is 9.85. The number of pyridine rings is 1. The Morgan fingerprint density at radius 3 is 2.95 bits per heavy atom. The fourth-order valence-electron chi connectivity index (χ4n) is 3.14. The molecule has 2 unspecified atom stereocenters. The number of benzene rings is 1. The maximum atomic E-state index is 9.58. The van der Waals surface area contributed by atoms with Gasteiger partial charge in [-0.15, -0.1) is 0 Å². The number of anilines is 2. The van der Waals surface area contributed by atoms with Crippen molar-refractivity contribution in [2.45, 2.75) is 31.7 Å². The molecule has 4 N–H and O–H groups in total. The molecule has 1 aliphatic carbocycles. The summed E-state index contributed by atoms with van der Waals surface area (Å²) in [5.41, 5.74) is 8.65. The fraction of sp³-hybridized carbons (Fsp3) is 0.438. The number of nitrogens with one attached hydrogen (secondary N) is 1. The smallest absolute Gasteiger partial charge is 0.0743 e. The number of aromatic nitrogens is 1. The van der Waals surface area contributed by atoms with Crippen molar-refractivity contribution in [2.75, 3.05) is 17.7 Å². The average Bonchev–Trinajstić information content (AvgIpc) is 2.50. The summed E-state index contributed by atoms with van der Waals surface area (Å²) in [4.78, 5) is 4.38.